The van der Waals surface area contributed by atoms with Crippen LogP contribution in [0.4, 0.5) is 14.5 Å². The number of halogens is 3. The molecule has 0 amide bonds. The van der Waals surface area contributed by atoms with Crippen molar-refractivity contribution in [1.82, 2.24) is 0 Å². The summed E-state index contributed by atoms with van der Waals surface area (Å²) in [5.41, 5.74) is -0.149. The molecule has 0 unspecified atom stereocenters. The van der Waals surface area contributed by atoms with Crippen molar-refractivity contribution in [3.05, 3.63) is 33.1 Å². The third-order valence-corrected chi connectivity index (χ3v) is 1.87. The predicted molar refractivity (Wildman–Crippen MR) is 39.5 cm³/mol. The van der Waals surface area contributed by atoms with Gasteiger partial charge in [0.05, 0.1) is 4.47 Å². The lowest BCUT2D eigenvalue weighted by atomic mass is 10.3. The van der Waals surface area contributed by atoms with Gasteiger partial charge in [0.1, 0.15) is 5.69 Å². The monoisotopic (exact) mass is 221 g/mol. The normalized spacial score (nSPS) is 9.73. The van der Waals surface area contributed by atoms with E-state index in [9.17, 15) is 13.7 Å². The molecule has 0 aromatic heterocycles. The molecule has 1 aromatic carbocycles. The van der Waals surface area contributed by atoms with Gasteiger partial charge in [0.25, 0.3) is 0 Å². The van der Waals surface area contributed by atoms with Crippen molar-refractivity contribution >= 4 is 21.6 Å². The van der Waals surface area contributed by atoms with Crippen LogP contribution in [0.1, 0.15) is 0 Å². The summed E-state index contributed by atoms with van der Waals surface area (Å²) in [4.78, 5) is 9.92. The van der Waals surface area contributed by atoms with Gasteiger partial charge < -0.3 is 0 Å². The van der Waals surface area contributed by atoms with Crippen LogP contribution in [0.5, 0.6) is 0 Å². The Morgan fingerprint density at radius 1 is 1.36 bits per heavy atom. The van der Waals surface area contributed by atoms with E-state index in [2.05, 4.69) is 21.1 Å². The van der Waals surface area contributed by atoms with Crippen LogP contribution >= 0.6 is 15.9 Å². The average molecular weight is 222 g/mol. The topological polar surface area (TPSA) is 29.4 Å². The molecule has 0 fully saturated rings. The van der Waals surface area contributed by atoms with Crippen molar-refractivity contribution in [3.8, 4) is 0 Å². The van der Waals surface area contributed by atoms with E-state index in [4.69, 9.17) is 0 Å². The first-order valence-electron chi connectivity index (χ1n) is 2.63. The zero-order valence-electron chi connectivity index (χ0n) is 5.14. The molecule has 0 aliphatic heterocycles. The molecule has 0 heterocycles. The fraction of sp³-hybridized carbons (Fsp3) is 0. The SMILES string of the molecule is O=Nc1ccc(F)c(F)c1Br. The van der Waals surface area contributed by atoms with Gasteiger partial charge in [0.2, 0.25) is 0 Å². The van der Waals surface area contributed by atoms with Crippen LogP contribution < -0.4 is 0 Å². The quantitative estimate of drug-likeness (QED) is 0.530. The maximum Gasteiger partial charge on any atom is 0.175 e. The number of benzene rings is 1. The van der Waals surface area contributed by atoms with E-state index in [0.29, 0.717) is 0 Å². The Labute approximate surface area is 69.3 Å². The summed E-state index contributed by atoms with van der Waals surface area (Å²) in [6, 6.07) is 1.94. The molecule has 0 saturated heterocycles. The Hall–Kier alpha value is -0.840. The smallest absolute Gasteiger partial charge is 0.175 e. The summed E-state index contributed by atoms with van der Waals surface area (Å²) in [5, 5.41) is 2.47. The summed E-state index contributed by atoms with van der Waals surface area (Å²) in [5.74, 6) is -2.11. The van der Waals surface area contributed by atoms with Crippen LogP contribution in [-0.4, -0.2) is 0 Å². The molecule has 0 aliphatic carbocycles. The minimum Gasteiger partial charge on any atom is -0.204 e. The van der Waals surface area contributed by atoms with E-state index >= 15 is 0 Å². The molecule has 2 nitrogen and oxygen atoms in total. The average Bonchev–Trinajstić information content (AvgIpc) is 2.01. The molecule has 11 heavy (non-hydrogen) atoms. The molecular formula is C6H2BrF2NO. The number of hydrogen-bond acceptors (Lipinski definition) is 2. The van der Waals surface area contributed by atoms with Crippen LogP contribution in [0.2, 0.25) is 0 Å². The minimum absolute atomic E-state index is 0.149. The number of rotatable bonds is 1. The Balaban J connectivity index is 3.36. The highest BCUT2D eigenvalue weighted by molar-refractivity contribution is 9.10. The van der Waals surface area contributed by atoms with Crippen LogP contribution in [0, 0.1) is 16.5 Å². The van der Waals surface area contributed by atoms with E-state index in [-0.39, 0.29) is 10.2 Å². The lowest BCUT2D eigenvalue weighted by Gasteiger charge is -1.96. The van der Waals surface area contributed by atoms with E-state index in [0.717, 1.165) is 12.1 Å². The van der Waals surface area contributed by atoms with E-state index < -0.39 is 11.6 Å². The van der Waals surface area contributed by atoms with Gasteiger partial charge in [0.15, 0.2) is 11.6 Å². The maximum atomic E-state index is 12.6. The van der Waals surface area contributed by atoms with Crippen molar-refractivity contribution < 1.29 is 8.78 Å². The van der Waals surface area contributed by atoms with Crippen LogP contribution in [0.15, 0.2) is 21.8 Å². The minimum atomic E-state index is -1.10. The van der Waals surface area contributed by atoms with E-state index in [1.165, 1.54) is 0 Å². The van der Waals surface area contributed by atoms with Crippen LogP contribution in [0.25, 0.3) is 0 Å². The first-order chi connectivity index (χ1) is 5.16. The molecule has 1 rings (SSSR count). The third kappa shape index (κ3) is 1.42. The molecule has 0 N–H and O–H groups in total. The highest BCUT2D eigenvalue weighted by atomic mass is 79.9. The van der Waals surface area contributed by atoms with Crippen molar-refractivity contribution in [2.45, 2.75) is 0 Å². The number of nitrogens with zero attached hydrogens (tertiary/aromatic N) is 1. The van der Waals surface area contributed by atoms with Crippen LogP contribution in [-0.2, 0) is 0 Å². The molecule has 0 bridgehead atoms. The van der Waals surface area contributed by atoms with Crippen molar-refractivity contribution in [1.29, 1.82) is 0 Å². The zero-order chi connectivity index (χ0) is 8.43. The molecule has 5 heteroatoms. The van der Waals surface area contributed by atoms with Gasteiger partial charge in [-0.15, -0.1) is 4.91 Å². The Morgan fingerprint density at radius 3 is 2.55 bits per heavy atom. The van der Waals surface area contributed by atoms with Crippen molar-refractivity contribution in [2.75, 3.05) is 0 Å². The first-order valence-corrected chi connectivity index (χ1v) is 3.43. The summed E-state index contributed by atoms with van der Waals surface area (Å²) < 4.78 is 24.7. The second-order valence-corrected chi connectivity index (χ2v) is 2.58. The standard InChI is InChI=1S/C6H2BrF2NO/c7-5-4(10-11)2-1-3(8)6(5)9/h1-2H. The van der Waals surface area contributed by atoms with Gasteiger partial charge in [0, 0.05) is 0 Å². The highest BCUT2D eigenvalue weighted by Gasteiger charge is 2.10. The molecule has 0 radical (unpaired) electrons. The molecule has 0 spiro atoms. The van der Waals surface area contributed by atoms with Gasteiger partial charge >= 0.3 is 0 Å². The fourth-order valence-corrected chi connectivity index (χ4v) is 0.980. The third-order valence-electron chi connectivity index (χ3n) is 1.11. The van der Waals surface area contributed by atoms with Gasteiger partial charge in [-0.05, 0) is 33.2 Å². The predicted octanol–water partition coefficient (Wildman–Crippen LogP) is 3.13. The van der Waals surface area contributed by atoms with Gasteiger partial charge in [-0.1, -0.05) is 0 Å². The van der Waals surface area contributed by atoms with Gasteiger partial charge in [-0.3, -0.25) is 0 Å². The molecule has 0 atom stereocenters. The molecule has 0 aliphatic rings. The van der Waals surface area contributed by atoms with E-state index in [1.54, 1.807) is 0 Å². The van der Waals surface area contributed by atoms with Crippen LogP contribution in [0.3, 0.4) is 0 Å². The van der Waals surface area contributed by atoms with Crippen molar-refractivity contribution in [3.63, 3.8) is 0 Å². The van der Waals surface area contributed by atoms with E-state index in [1.807, 2.05) is 0 Å². The second kappa shape index (κ2) is 3.04. The summed E-state index contributed by atoms with van der Waals surface area (Å²) in [6.45, 7) is 0. The summed E-state index contributed by atoms with van der Waals surface area (Å²) >= 11 is 2.68. The van der Waals surface area contributed by atoms with Gasteiger partial charge in [-0.2, -0.15) is 0 Å². The molecule has 1 aromatic rings. The van der Waals surface area contributed by atoms with Crippen molar-refractivity contribution in [2.24, 2.45) is 5.18 Å². The highest BCUT2D eigenvalue weighted by Crippen LogP contribution is 2.28. The number of hydrogen-bond donors (Lipinski definition) is 0. The molecule has 0 saturated carbocycles. The first kappa shape index (κ1) is 8.26. The zero-order valence-corrected chi connectivity index (χ0v) is 6.73. The number of nitroso groups, excluding NO2 is 1. The maximum absolute atomic E-state index is 12.6. The second-order valence-electron chi connectivity index (χ2n) is 1.79. The lowest BCUT2D eigenvalue weighted by molar-refractivity contribution is 0.504. The Morgan fingerprint density at radius 2 is 2.00 bits per heavy atom. The largest absolute Gasteiger partial charge is 0.204 e. The molecular weight excluding hydrogens is 220 g/mol. The molecule has 58 valence electrons. The Kier molecular flexibility index (Phi) is 2.28. The summed E-state index contributed by atoms with van der Waals surface area (Å²) in [7, 11) is 0. The Bertz CT molecular complexity index is 303. The summed E-state index contributed by atoms with van der Waals surface area (Å²) in [6.07, 6.45) is 0. The van der Waals surface area contributed by atoms with Gasteiger partial charge in [-0.25, -0.2) is 8.78 Å². The lowest BCUT2D eigenvalue weighted by Crippen LogP contribution is -1.84. The fourth-order valence-electron chi connectivity index (χ4n) is 0.586.